The number of benzene rings is 1. The molecule has 1 aromatic carbocycles. The number of methoxy groups -OCH3 is 2. The van der Waals surface area contributed by atoms with Gasteiger partial charge >= 0.3 is 0 Å². The SMILES string of the molecule is COc1cc2c(c(OC)c1C1CCc3cc(Cl)c(Cl)n31)C(=O)n1c-2cc(Cl)c1Cl. The van der Waals surface area contributed by atoms with E-state index in [1.54, 1.807) is 13.2 Å². The van der Waals surface area contributed by atoms with Crippen LogP contribution in [0.25, 0.3) is 11.3 Å². The Morgan fingerprint density at radius 1 is 1.00 bits per heavy atom. The largest absolute Gasteiger partial charge is 0.496 e. The van der Waals surface area contributed by atoms with E-state index in [4.69, 9.17) is 55.9 Å². The highest BCUT2D eigenvalue weighted by Crippen LogP contribution is 2.52. The van der Waals surface area contributed by atoms with Crippen molar-refractivity contribution >= 4 is 52.3 Å². The summed E-state index contributed by atoms with van der Waals surface area (Å²) in [5.41, 5.74) is 3.48. The van der Waals surface area contributed by atoms with Crippen LogP contribution in [0.2, 0.25) is 20.4 Å². The second-order valence-corrected chi connectivity index (χ2v) is 8.49. The molecular weight excluding hydrogens is 458 g/mol. The number of aromatic nitrogens is 2. The third kappa shape index (κ3) is 2.45. The standard InChI is InChI=1S/C20H14Cl4N2O3/c1-28-14-6-9-13-7-11(22)19(24)26(13)20(27)15(9)17(29-2)16(14)12-4-3-8-5-10(21)18(23)25(8)12/h5-7,12H,3-4H2,1-2H3. The molecule has 3 aromatic rings. The lowest BCUT2D eigenvalue weighted by Gasteiger charge is -2.23. The molecule has 0 aliphatic carbocycles. The molecule has 0 fully saturated rings. The maximum Gasteiger partial charge on any atom is 0.268 e. The molecule has 1 atom stereocenters. The van der Waals surface area contributed by atoms with Crippen molar-refractivity contribution in [2.75, 3.05) is 14.2 Å². The van der Waals surface area contributed by atoms with Crippen LogP contribution in [0, 0.1) is 0 Å². The van der Waals surface area contributed by atoms with Gasteiger partial charge in [-0.2, -0.15) is 0 Å². The number of ether oxygens (including phenoxy) is 2. The van der Waals surface area contributed by atoms with Gasteiger partial charge in [-0.25, -0.2) is 0 Å². The predicted octanol–water partition coefficient (Wildman–Crippen LogP) is 6.12. The summed E-state index contributed by atoms with van der Waals surface area (Å²) in [4.78, 5) is 13.2. The highest BCUT2D eigenvalue weighted by molar-refractivity contribution is 6.43. The Balaban J connectivity index is 1.79. The van der Waals surface area contributed by atoms with Gasteiger partial charge in [0.05, 0.1) is 47.1 Å². The molecule has 1 unspecified atom stereocenters. The number of nitrogens with zero attached hydrogens (tertiary/aromatic N) is 2. The van der Waals surface area contributed by atoms with Gasteiger partial charge in [0.25, 0.3) is 5.91 Å². The Morgan fingerprint density at radius 3 is 2.41 bits per heavy atom. The zero-order chi connectivity index (χ0) is 20.6. The zero-order valence-corrected chi connectivity index (χ0v) is 18.4. The van der Waals surface area contributed by atoms with E-state index in [2.05, 4.69) is 0 Å². The number of hydrogen-bond donors (Lipinski definition) is 0. The van der Waals surface area contributed by atoms with E-state index in [1.807, 2.05) is 16.7 Å². The van der Waals surface area contributed by atoms with E-state index in [1.165, 1.54) is 11.7 Å². The number of hydrogen-bond acceptors (Lipinski definition) is 3. The van der Waals surface area contributed by atoms with E-state index < -0.39 is 0 Å². The normalized spacial score (nSPS) is 16.8. The number of aryl methyl sites for hydroxylation is 1. The van der Waals surface area contributed by atoms with Crippen molar-refractivity contribution in [2.45, 2.75) is 18.9 Å². The minimum absolute atomic E-state index is 0.174. The Kier molecular flexibility index (Phi) is 4.37. The van der Waals surface area contributed by atoms with Crippen LogP contribution in [-0.4, -0.2) is 29.3 Å². The Hall–Kier alpha value is -1.79. The molecule has 2 aliphatic heterocycles. The molecule has 0 saturated heterocycles. The minimum atomic E-state index is -0.289. The summed E-state index contributed by atoms with van der Waals surface area (Å²) in [5, 5.41) is 1.45. The molecular formula is C20H14Cl4N2O3. The second-order valence-electron chi connectivity index (χ2n) is 6.96. The molecule has 150 valence electrons. The van der Waals surface area contributed by atoms with E-state index >= 15 is 0 Å². The van der Waals surface area contributed by atoms with E-state index in [9.17, 15) is 4.79 Å². The first kappa shape index (κ1) is 19.2. The topological polar surface area (TPSA) is 45.4 Å². The van der Waals surface area contributed by atoms with Gasteiger partial charge in [-0.05, 0) is 31.0 Å². The maximum absolute atomic E-state index is 13.2. The molecule has 0 amide bonds. The van der Waals surface area contributed by atoms with Crippen molar-refractivity contribution < 1.29 is 14.3 Å². The summed E-state index contributed by atoms with van der Waals surface area (Å²) >= 11 is 25.1. The summed E-state index contributed by atoms with van der Waals surface area (Å²) in [6.45, 7) is 0. The summed E-state index contributed by atoms with van der Waals surface area (Å²) in [5.74, 6) is 0.746. The molecule has 0 radical (unpaired) electrons. The van der Waals surface area contributed by atoms with Gasteiger partial charge in [0.15, 0.2) is 0 Å². The van der Waals surface area contributed by atoms with Crippen molar-refractivity contribution in [1.29, 1.82) is 0 Å². The molecule has 5 nitrogen and oxygen atoms in total. The average Bonchev–Trinajstić information content (AvgIpc) is 3.39. The number of fused-ring (bicyclic) bond motifs is 4. The quantitative estimate of drug-likeness (QED) is 0.361. The zero-order valence-electron chi connectivity index (χ0n) is 15.4. The molecule has 9 heteroatoms. The molecule has 0 bridgehead atoms. The summed E-state index contributed by atoms with van der Waals surface area (Å²) in [6, 6.07) is 5.19. The van der Waals surface area contributed by atoms with Crippen LogP contribution >= 0.6 is 46.4 Å². The molecule has 29 heavy (non-hydrogen) atoms. The van der Waals surface area contributed by atoms with Crippen molar-refractivity contribution in [3.63, 3.8) is 0 Å². The van der Waals surface area contributed by atoms with E-state index in [0.29, 0.717) is 43.5 Å². The Morgan fingerprint density at radius 2 is 1.72 bits per heavy atom. The second kappa shape index (κ2) is 6.61. The lowest BCUT2D eigenvalue weighted by Crippen LogP contribution is -2.13. The Labute approximate surface area is 186 Å². The van der Waals surface area contributed by atoms with Crippen LogP contribution in [0.3, 0.4) is 0 Å². The van der Waals surface area contributed by atoms with Gasteiger partial charge in [0.1, 0.15) is 21.8 Å². The minimum Gasteiger partial charge on any atom is -0.496 e. The van der Waals surface area contributed by atoms with Crippen molar-refractivity contribution in [2.24, 2.45) is 0 Å². The highest BCUT2D eigenvalue weighted by Gasteiger charge is 2.39. The third-order valence-electron chi connectivity index (χ3n) is 5.63. The van der Waals surface area contributed by atoms with E-state index in [0.717, 1.165) is 24.1 Å². The first-order chi connectivity index (χ1) is 13.9. The molecule has 0 spiro atoms. The van der Waals surface area contributed by atoms with Gasteiger partial charge in [-0.3, -0.25) is 9.36 Å². The number of halogens is 4. The fraction of sp³-hybridized carbons (Fsp3) is 0.250. The van der Waals surface area contributed by atoms with Gasteiger partial charge in [0, 0.05) is 11.3 Å². The molecule has 5 rings (SSSR count). The van der Waals surface area contributed by atoms with Crippen LogP contribution in [0.5, 0.6) is 11.5 Å². The van der Waals surface area contributed by atoms with Crippen molar-refractivity contribution in [1.82, 2.24) is 9.13 Å². The fourth-order valence-corrected chi connectivity index (χ4v) is 5.37. The molecule has 0 N–H and O–H groups in total. The van der Waals surface area contributed by atoms with Gasteiger partial charge in [-0.15, -0.1) is 0 Å². The maximum atomic E-state index is 13.2. The number of rotatable bonds is 3. The molecule has 0 saturated carbocycles. The summed E-state index contributed by atoms with van der Waals surface area (Å²) in [6.07, 6.45) is 1.58. The summed E-state index contributed by atoms with van der Waals surface area (Å²) < 4.78 is 14.8. The predicted molar refractivity (Wildman–Crippen MR) is 114 cm³/mol. The van der Waals surface area contributed by atoms with Crippen LogP contribution in [0.4, 0.5) is 0 Å². The van der Waals surface area contributed by atoms with Crippen molar-refractivity contribution in [3.05, 3.63) is 55.4 Å². The lowest BCUT2D eigenvalue weighted by atomic mass is 9.95. The smallest absolute Gasteiger partial charge is 0.268 e. The molecule has 4 heterocycles. The first-order valence-corrected chi connectivity index (χ1v) is 10.4. The molecule has 2 aliphatic rings. The van der Waals surface area contributed by atoms with E-state index in [-0.39, 0.29) is 17.1 Å². The average molecular weight is 472 g/mol. The van der Waals surface area contributed by atoms with Crippen LogP contribution < -0.4 is 9.47 Å². The monoisotopic (exact) mass is 470 g/mol. The summed E-state index contributed by atoms with van der Waals surface area (Å²) in [7, 11) is 3.12. The number of carbonyl (C=O) groups excluding carboxylic acids is 1. The first-order valence-electron chi connectivity index (χ1n) is 8.84. The highest BCUT2D eigenvalue weighted by atomic mass is 35.5. The fourth-order valence-electron chi connectivity index (χ4n) is 4.46. The third-order valence-corrected chi connectivity index (χ3v) is 7.15. The van der Waals surface area contributed by atoms with Gasteiger partial charge < -0.3 is 14.0 Å². The Bertz CT molecular complexity index is 1210. The lowest BCUT2D eigenvalue weighted by molar-refractivity contribution is 0.0966. The van der Waals surface area contributed by atoms with Crippen LogP contribution in [0.15, 0.2) is 18.2 Å². The molecule has 2 aromatic heterocycles. The van der Waals surface area contributed by atoms with Gasteiger partial charge in [-0.1, -0.05) is 46.4 Å². The van der Waals surface area contributed by atoms with Gasteiger partial charge in [0.2, 0.25) is 0 Å². The van der Waals surface area contributed by atoms with Crippen molar-refractivity contribution in [3.8, 4) is 22.8 Å². The van der Waals surface area contributed by atoms with Crippen LogP contribution in [0.1, 0.15) is 34.1 Å². The van der Waals surface area contributed by atoms with Crippen LogP contribution in [-0.2, 0) is 6.42 Å². The number of carbonyl (C=O) groups is 1.